The van der Waals surface area contributed by atoms with Crippen LogP contribution >= 0.6 is 0 Å². The van der Waals surface area contributed by atoms with Gasteiger partial charge in [0.05, 0.1) is 0 Å². The largest absolute Gasteiger partial charge is 0 e. The first kappa shape index (κ1) is 17.2. The molecule has 0 atom stereocenters. The molecule has 4 heavy (non-hydrogen) atoms. The Morgan fingerprint density at radius 1 is 1.25 bits per heavy atom. The summed E-state index contributed by atoms with van der Waals surface area (Å²) in [6.07, 6.45) is 0. The second-order valence-electron chi connectivity index (χ2n) is 0. The van der Waals surface area contributed by atoms with Crippen molar-refractivity contribution in [1.82, 2.24) is 0 Å². The van der Waals surface area contributed by atoms with E-state index >= 15 is 0 Å². The molecule has 0 aromatic rings. The van der Waals surface area contributed by atoms with Crippen molar-refractivity contribution in [2.75, 3.05) is 0 Å². The van der Waals surface area contributed by atoms with E-state index in [1.165, 1.54) is 0 Å². The van der Waals surface area contributed by atoms with Crippen LogP contribution in [0.2, 0.25) is 0 Å². The normalized spacial score (nSPS) is 0.750. The van der Waals surface area contributed by atoms with Crippen molar-refractivity contribution in [3.05, 3.63) is 0 Å². The minimum Gasteiger partial charge on any atom is 0 e. The molecule has 0 rings (SSSR count). The van der Waals surface area contributed by atoms with Crippen LogP contribution in [-0.2, 0) is 21.8 Å². The summed E-state index contributed by atoms with van der Waals surface area (Å²) in [6.45, 7) is 0. The van der Waals surface area contributed by atoms with Gasteiger partial charge in [-0.1, -0.05) is 0 Å². The molecule has 0 saturated heterocycles. The fraction of sp³-hybridized carbons (Fsp3) is 0. The molecule has 0 bridgehead atoms. The summed E-state index contributed by atoms with van der Waals surface area (Å²) in [5.41, 5.74) is 0. The molecule has 0 N–H and O–H groups in total. The van der Waals surface area contributed by atoms with Gasteiger partial charge in [0.2, 0.25) is 0 Å². The molecule has 0 unspecified atom stereocenters. The molecule has 0 amide bonds. The molecule has 0 aromatic heterocycles. The molecule has 0 spiro atoms. The van der Waals surface area contributed by atoms with Gasteiger partial charge in [-0.25, -0.2) is 0 Å². The Morgan fingerprint density at radius 3 is 1.25 bits per heavy atom. The van der Waals surface area contributed by atoms with E-state index in [9.17, 15) is 0 Å². The fourth-order valence-electron chi connectivity index (χ4n) is 0. The monoisotopic (exact) mass is 226 g/mol. The standard InChI is InChI=1S/BHO.Fe.Nd/c1-2;;/h1H;;. The SMILES string of the molecule is B=O.[Fe].[Nd]. The Balaban J connectivity index is -0.00000000500. The number of hydrogen-bond acceptors (Lipinski definition) is 1. The molecular formula is HBFeNdO. The number of hydrogen-bond donors (Lipinski definition) is 0. The Kier molecular flexibility index (Phi) is 94.3. The van der Waals surface area contributed by atoms with Gasteiger partial charge in [0, 0.05) is 57.9 Å². The minimum absolute atomic E-state index is 0. The summed E-state index contributed by atoms with van der Waals surface area (Å²) >= 11 is 0. The molecule has 4 heteroatoms. The first-order chi connectivity index (χ1) is 1.00. The smallest absolute Gasteiger partial charge is 0 e. The molecular weight excluding hydrogens is 227 g/mol. The summed E-state index contributed by atoms with van der Waals surface area (Å²) in [4.78, 5) is 0. The van der Waals surface area contributed by atoms with Gasteiger partial charge >= 0.3 is 12.4 Å². The van der Waals surface area contributed by atoms with Gasteiger partial charge in [-0.3, -0.25) is 0 Å². The Bertz CT molecular complexity index is 8.00. The van der Waals surface area contributed by atoms with Crippen LogP contribution in [0.4, 0.5) is 0 Å². The molecule has 0 saturated carbocycles. The van der Waals surface area contributed by atoms with Crippen LogP contribution in [0.15, 0.2) is 0 Å². The predicted molar refractivity (Wildman–Crippen MR) is 7.84 cm³/mol. The van der Waals surface area contributed by atoms with E-state index in [0.717, 1.165) is 0 Å². The summed E-state index contributed by atoms with van der Waals surface area (Å²) in [5, 5.41) is 0. The van der Waals surface area contributed by atoms with Crippen LogP contribution in [0.5, 0.6) is 0 Å². The third-order valence-electron chi connectivity index (χ3n) is 0. The molecule has 22 valence electrons. The maximum atomic E-state index is 8.00. The molecule has 0 fully saturated rings. The van der Waals surface area contributed by atoms with Gasteiger partial charge in [0.15, 0.2) is 0 Å². The van der Waals surface area contributed by atoms with Crippen molar-refractivity contribution in [3.63, 3.8) is 0 Å². The predicted octanol–water partition coefficient (Wildman–Crippen LogP) is -0.770. The van der Waals surface area contributed by atoms with Crippen molar-refractivity contribution >= 4 is 7.72 Å². The van der Waals surface area contributed by atoms with Crippen LogP contribution in [0.3, 0.4) is 0 Å². The van der Waals surface area contributed by atoms with Crippen molar-refractivity contribution in [1.29, 1.82) is 0 Å². The van der Waals surface area contributed by atoms with Crippen LogP contribution in [0, 0.1) is 40.8 Å². The fourth-order valence-corrected chi connectivity index (χ4v) is 0. The van der Waals surface area contributed by atoms with Crippen molar-refractivity contribution in [2.45, 2.75) is 0 Å². The first-order valence-electron chi connectivity index (χ1n) is 0.289. The summed E-state index contributed by atoms with van der Waals surface area (Å²) in [7, 11) is 2.00. The van der Waals surface area contributed by atoms with Gasteiger partial charge in [0.1, 0.15) is 0 Å². The first-order valence-corrected chi connectivity index (χ1v) is 0.289. The van der Waals surface area contributed by atoms with E-state index in [2.05, 4.69) is 0 Å². The maximum Gasteiger partial charge on any atom is 0 e. The second-order valence-corrected chi connectivity index (χ2v) is 0. The van der Waals surface area contributed by atoms with E-state index < -0.39 is 0 Å². The quantitative estimate of drug-likeness (QED) is 0.497. The van der Waals surface area contributed by atoms with Crippen LogP contribution in [0.25, 0.3) is 0 Å². The molecule has 1 nitrogen and oxygen atoms in total. The topological polar surface area (TPSA) is 17.1 Å². The van der Waals surface area contributed by atoms with Crippen LogP contribution in [-0.4, -0.2) is 7.72 Å². The van der Waals surface area contributed by atoms with E-state index in [1.807, 2.05) is 7.72 Å². The Hall–Kier alpha value is 1.74. The average molecular weight is 228 g/mol. The van der Waals surface area contributed by atoms with Gasteiger partial charge in [-0.2, -0.15) is 0 Å². The summed E-state index contributed by atoms with van der Waals surface area (Å²) in [6, 6.07) is 0. The third-order valence-corrected chi connectivity index (χ3v) is 0. The van der Waals surface area contributed by atoms with Gasteiger partial charge in [-0.15, -0.1) is 0 Å². The minimum atomic E-state index is 0. The van der Waals surface area contributed by atoms with Gasteiger partial charge in [-0.05, 0) is 0 Å². The molecule has 0 aromatic carbocycles. The third kappa shape index (κ3) is 9.28. The molecule has 0 heterocycles. The molecule has 0 aliphatic heterocycles. The summed E-state index contributed by atoms with van der Waals surface area (Å²) < 4.78 is 8.00. The number of rotatable bonds is 0. The van der Waals surface area contributed by atoms with Crippen LogP contribution in [0.1, 0.15) is 0 Å². The van der Waals surface area contributed by atoms with Gasteiger partial charge in [0.25, 0.3) is 0 Å². The zero-order valence-corrected chi connectivity index (χ0v) is 6.28. The van der Waals surface area contributed by atoms with E-state index in [4.69, 9.17) is 4.70 Å². The van der Waals surface area contributed by atoms with E-state index in [0.29, 0.717) is 0 Å². The zero-order valence-electron chi connectivity index (χ0n) is 1.97. The van der Waals surface area contributed by atoms with Crippen molar-refractivity contribution in [2.24, 2.45) is 0 Å². The Labute approximate surface area is 69.3 Å². The van der Waals surface area contributed by atoms with Crippen molar-refractivity contribution < 1.29 is 62.6 Å². The Morgan fingerprint density at radius 2 is 1.25 bits per heavy atom. The second kappa shape index (κ2) is 21.9. The van der Waals surface area contributed by atoms with E-state index in [-0.39, 0.29) is 57.9 Å². The maximum absolute atomic E-state index is 8.00. The van der Waals surface area contributed by atoms with E-state index in [1.54, 1.807) is 0 Å². The molecule has 0 aliphatic rings. The van der Waals surface area contributed by atoms with Crippen molar-refractivity contribution in [3.8, 4) is 0 Å². The van der Waals surface area contributed by atoms with Gasteiger partial charge < -0.3 is 0 Å². The zero-order chi connectivity index (χ0) is 2.00. The van der Waals surface area contributed by atoms with Crippen LogP contribution < -0.4 is 0 Å². The average Bonchev–Trinajstić information content (AvgIpc) is 1.00. The molecule has 0 radical (unpaired) electrons. The molecule has 0 aliphatic carbocycles. The summed E-state index contributed by atoms with van der Waals surface area (Å²) in [5.74, 6) is 0.